The Morgan fingerprint density at radius 2 is 1.53 bits per heavy atom. The standard InChI is InChI=1S/C27H30N2O7/c1-16-23(26(31)34-5)25(21-8-6-7-9-22(21)33-4)24(17(2)28-16)27(32)36-15-14-35-20-12-10-19(11-13-20)29-18(3)30/h6-13,25,28H,14-15H2,1-5H3,(H,29,30). The highest BCUT2D eigenvalue weighted by molar-refractivity contribution is 6.00. The molecule has 36 heavy (non-hydrogen) atoms. The number of carbonyl (C=O) groups is 3. The Labute approximate surface area is 210 Å². The number of hydrogen-bond donors (Lipinski definition) is 2. The molecule has 0 saturated carbocycles. The predicted octanol–water partition coefficient (Wildman–Crippen LogP) is 3.68. The van der Waals surface area contributed by atoms with Crippen LogP contribution in [0.3, 0.4) is 0 Å². The summed E-state index contributed by atoms with van der Waals surface area (Å²) in [4.78, 5) is 37.2. The number of amides is 1. The van der Waals surface area contributed by atoms with Gasteiger partial charge in [0.25, 0.3) is 0 Å². The Balaban J connectivity index is 1.77. The van der Waals surface area contributed by atoms with Crippen LogP contribution < -0.4 is 20.1 Å². The Morgan fingerprint density at radius 1 is 0.889 bits per heavy atom. The SMILES string of the molecule is COC(=O)C1=C(C)NC(C)=C(C(=O)OCCOc2ccc(NC(C)=O)cc2)C1c1ccccc1OC. The number of benzene rings is 2. The highest BCUT2D eigenvalue weighted by Gasteiger charge is 2.39. The van der Waals surface area contributed by atoms with E-state index in [9.17, 15) is 14.4 Å². The minimum absolute atomic E-state index is 0.0159. The average Bonchev–Trinajstić information content (AvgIpc) is 2.86. The van der Waals surface area contributed by atoms with Crippen molar-refractivity contribution in [2.24, 2.45) is 0 Å². The zero-order valence-electron chi connectivity index (χ0n) is 21.0. The third kappa shape index (κ3) is 6.04. The molecule has 0 saturated heterocycles. The number of ether oxygens (including phenoxy) is 4. The number of anilines is 1. The van der Waals surface area contributed by atoms with E-state index in [1.165, 1.54) is 21.1 Å². The molecule has 0 aromatic heterocycles. The molecule has 0 bridgehead atoms. The van der Waals surface area contributed by atoms with E-state index < -0.39 is 17.9 Å². The zero-order chi connectivity index (χ0) is 26.2. The van der Waals surface area contributed by atoms with Crippen LogP contribution in [0.1, 0.15) is 32.3 Å². The molecule has 2 aromatic rings. The van der Waals surface area contributed by atoms with Gasteiger partial charge in [-0.3, -0.25) is 4.79 Å². The van der Waals surface area contributed by atoms with E-state index >= 15 is 0 Å². The van der Waals surface area contributed by atoms with Crippen molar-refractivity contribution < 1.29 is 33.3 Å². The number of rotatable bonds is 9. The summed E-state index contributed by atoms with van der Waals surface area (Å²) in [6.07, 6.45) is 0. The lowest BCUT2D eigenvalue weighted by Gasteiger charge is -2.31. The lowest BCUT2D eigenvalue weighted by Crippen LogP contribution is -2.32. The lowest BCUT2D eigenvalue weighted by atomic mass is 9.80. The molecule has 1 aliphatic rings. The van der Waals surface area contributed by atoms with Crippen molar-refractivity contribution in [1.82, 2.24) is 5.32 Å². The Morgan fingerprint density at radius 3 is 2.14 bits per heavy atom. The fourth-order valence-electron chi connectivity index (χ4n) is 4.07. The van der Waals surface area contributed by atoms with Crippen molar-refractivity contribution in [3.05, 3.63) is 76.6 Å². The van der Waals surface area contributed by atoms with Gasteiger partial charge in [-0.2, -0.15) is 0 Å². The van der Waals surface area contributed by atoms with Gasteiger partial charge < -0.3 is 29.6 Å². The molecule has 2 aromatic carbocycles. The van der Waals surface area contributed by atoms with E-state index in [-0.39, 0.29) is 24.7 Å². The molecule has 1 aliphatic heterocycles. The number of allylic oxidation sites excluding steroid dienone is 2. The van der Waals surface area contributed by atoms with Crippen LogP contribution in [-0.4, -0.2) is 45.3 Å². The van der Waals surface area contributed by atoms with Gasteiger partial charge in [0, 0.05) is 29.6 Å². The van der Waals surface area contributed by atoms with Crippen LogP contribution in [0.2, 0.25) is 0 Å². The highest BCUT2D eigenvalue weighted by Crippen LogP contribution is 2.42. The maximum absolute atomic E-state index is 13.3. The summed E-state index contributed by atoms with van der Waals surface area (Å²) in [5, 5.41) is 5.78. The first kappa shape index (κ1) is 26.3. The molecule has 0 spiro atoms. The summed E-state index contributed by atoms with van der Waals surface area (Å²) < 4.78 is 21.7. The fraction of sp³-hybridized carbons (Fsp3) is 0.296. The van der Waals surface area contributed by atoms with Crippen molar-refractivity contribution in [3.8, 4) is 11.5 Å². The normalized spacial score (nSPS) is 15.1. The molecule has 2 N–H and O–H groups in total. The van der Waals surface area contributed by atoms with E-state index in [4.69, 9.17) is 18.9 Å². The molecule has 3 rings (SSSR count). The first-order valence-electron chi connectivity index (χ1n) is 11.3. The number of para-hydroxylation sites is 1. The van der Waals surface area contributed by atoms with Crippen LogP contribution in [0.4, 0.5) is 5.69 Å². The van der Waals surface area contributed by atoms with Crippen LogP contribution in [0.25, 0.3) is 0 Å². The molecule has 1 amide bonds. The van der Waals surface area contributed by atoms with Gasteiger partial charge in [0.2, 0.25) is 5.91 Å². The molecule has 9 nitrogen and oxygen atoms in total. The Hall–Kier alpha value is -4.27. The largest absolute Gasteiger partial charge is 0.496 e. The van der Waals surface area contributed by atoms with E-state index in [2.05, 4.69) is 10.6 Å². The zero-order valence-corrected chi connectivity index (χ0v) is 21.0. The Bertz CT molecular complexity index is 1200. The molecule has 1 heterocycles. The van der Waals surface area contributed by atoms with Gasteiger partial charge in [-0.15, -0.1) is 0 Å². The van der Waals surface area contributed by atoms with Gasteiger partial charge in [0.05, 0.1) is 31.3 Å². The van der Waals surface area contributed by atoms with Gasteiger partial charge in [0.1, 0.15) is 24.7 Å². The molecule has 0 aliphatic carbocycles. The summed E-state index contributed by atoms with van der Waals surface area (Å²) in [7, 11) is 2.83. The summed E-state index contributed by atoms with van der Waals surface area (Å²) in [6.45, 7) is 5.04. The molecule has 0 radical (unpaired) electrons. The maximum atomic E-state index is 13.3. The number of nitrogens with one attached hydrogen (secondary N) is 2. The lowest BCUT2D eigenvalue weighted by molar-refractivity contribution is -0.140. The number of esters is 2. The van der Waals surface area contributed by atoms with Crippen LogP contribution in [0.5, 0.6) is 11.5 Å². The quantitative estimate of drug-likeness (QED) is 0.401. The van der Waals surface area contributed by atoms with Gasteiger partial charge in [-0.1, -0.05) is 18.2 Å². The predicted molar refractivity (Wildman–Crippen MR) is 133 cm³/mol. The summed E-state index contributed by atoms with van der Waals surface area (Å²) in [5.41, 5.74) is 3.03. The molecule has 1 atom stereocenters. The third-order valence-electron chi connectivity index (χ3n) is 5.60. The minimum Gasteiger partial charge on any atom is -0.496 e. The second-order valence-corrected chi connectivity index (χ2v) is 8.06. The smallest absolute Gasteiger partial charge is 0.336 e. The number of hydrogen-bond acceptors (Lipinski definition) is 8. The van der Waals surface area contributed by atoms with E-state index in [0.717, 1.165) is 0 Å². The van der Waals surface area contributed by atoms with E-state index in [1.807, 2.05) is 12.1 Å². The minimum atomic E-state index is -0.746. The number of dihydropyridines is 1. The van der Waals surface area contributed by atoms with Crippen molar-refractivity contribution in [1.29, 1.82) is 0 Å². The maximum Gasteiger partial charge on any atom is 0.336 e. The molecule has 1 unspecified atom stereocenters. The van der Waals surface area contributed by atoms with Gasteiger partial charge >= 0.3 is 11.9 Å². The average molecular weight is 495 g/mol. The monoisotopic (exact) mass is 494 g/mol. The van der Waals surface area contributed by atoms with Crippen molar-refractivity contribution >= 4 is 23.5 Å². The first-order valence-corrected chi connectivity index (χ1v) is 11.3. The summed E-state index contributed by atoms with van der Waals surface area (Å²) in [5.74, 6) is -0.959. The summed E-state index contributed by atoms with van der Waals surface area (Å²) in [6, 6.07) is 14.0. The molecular formula is C27H30N2O7. The fourth-order valence-corrected chi connectivity index (χ4v) is 4.07. The van der Waals surface area contributed by atoms with Crippen LogP contribution in [0.15, 0.2) is 71.1 Å². The van der Waals surface area contributed by atoms with Crippen LogP contribution in [0, 0.1) is 0 Å². The van der Waals surface area contributed by atoms with Crippen molar-refractivity contribution in [2.45, 2.75) is 26.7 Å². The number of carbonyl (C=O) groups excluding carboxylic acids is 3. The second-order valence-electron chi connectivity index (χ2n) is 8.06. The summed E-state index contributed by atoms with van der Waals surface area (Å²) >= 11 is 0. The number of methoxy groups -OCH3 is 2. The third-order valence-corrected chi connectivity index (χ3v) is 5.60. The highest BCUT2D eigenvalue weighted by atomic mass is 16.6. The second kappa shape index (κ2) is 11.9. The van der Waals surface area contributed by atoms with Gasteiger partial charge in [-0.05, 0) is 44.2 Å². The van der Waals surface area contributed by atoms with Crippen molar-refractivity contribution in [2.75, 3.05) is 32.8 Å². The molecule has 190 valence electrons. The van der Waals surface area contributed by atoms with Gasteiger partial charge in [-0.25, -0.2) is 9.59 Å². The first-order chi connectivity index (χ1) is 17.3. The molecule has 9 heteroatoms. The van der Waals surface area contributed by atoms with E-state index in [1.54, 1.807) is 50.2 Å². The van der Waals surface area contributed by atoms with E-state index in [0.29, 0.717) is 39.7 Å². The molecule has 0 fully saturated rings. The topological polar surface area (TPSA) is 112 Å². The van der Waals surface area contributed by atoms with Crippen LogP contribution >= 0.6 is 0 Å². The van der Waals surface area contributed by atoms with Gasteiger partial charge in [0.15, 0.2) is 0 Å². The molecular weight excluding hydrogens is 464 g/mol. The Kier molecular flexibility index (Phi) is 8.72. The van der Waals surface area contributed by atoms with Crippen LogP contribution in [-0.2, 0) is 23.9 Å². The van der Waals surface area contributed by atoms with Crippen molar-refractivity contribution in [3.63, 3.8) is 0 Å².